The van der Waals surface area contributed by atoms with E-state index in [1.54, 1.807) is 6.07 Å². The van der Waals surface area contributed by atoms with E-state index in [9.17, 15) is 22.8 Å². The van der Waals surface area contributed by atoms with E-state index in [2.05, 4.69) is 20.7 Å². The molecule has 3 N–H and O–H groups in total. The molecule has 0 fully saturated rings. The van der Waals surface area contributed by atoms with Gasteiger partial charge in [-0.15, -0.1) is 0 Å². The third-order valence-corrected chi connectivity index (χ3v) is 3.72. The van der Waals surface area contributed by atoms with Crippen LogP contribution in [0.1, 0.15) is 17.5 Å². The number of amides is 3. The number of alkyl halides is 3. The fourth-order valence-corrected chi connectivity index (χ4v) is 2.33. The Morgan fingerprint density at radius 3 is 2.28 bits per heavy atom. The van der Waals surface area contributed by atoms with E-state index < -0.39 is 18.8 Å². The van der Waals surface area contributed by atoms with Gasteiger partial charge in [-0.3, -0.25) is 4.79 Å². The second-order valence-corrected chi connectivity index (χ2v) is 6.17. The monoisotopic (exact) mass is 409 g/mol. The lowest BCUT2D eigenvalue weighted by atomic mass is 10.2. The van der Waals surface area contributed by atoms with Crippen molar-refractivity contribution in [3.05, 3.63) is 65.7 Å². The maximum atomic E-state index is 12.2. The SMILES string of the molecule is O=C(CCNC(=O)NCc1cccc(OCC(F)(F)F)c1)NCc1ccccc1. The van der Waals surface area contributed by atoms with Gasteiger partial charge in [0, 0.05) is 26.1 Å². The largest absolute Gasteiger partial charge is 0.484 e. The molecule has 0 aliphatic carbocycles. The van der Waals surface area contributed by atoms with Gasteiger partial charge in [0.15, 0.2) is 6.61 Å². The van der Waals surface area contributed by atoms with Crippen molar-refractivity contribution >= 4 is 11.9 Å². The average molecular weight is 409 g/mol. The number of ether oxygens (including phenoxy) is 1. The molecule has 0 saturated heterocycles. The number of carbonyl (C=O) groups excluding carboxylic acids is 2. The van der Waals surface area contributed by atoms with Gasteiger partial charge in [-0.1, -0.05) is 42.5 Å². The molecular formula is C20H22F3N3O3. The predicted molar refractivity (Wildman–Crippen MR) is 101 cm³/mol. The number of rotatable bonds is 9. The number of carbonyl (C=O) groups is 2. The van der Waals surface area contributed by atoms with Crippen LogP contribution in [-0.4, -0.2) is 31.3 Å². The third-order valence-electron chi connectivity index (χ3n) is 3.72. The number of hydrogen-bond acceptors (Lipinski definition) is 3. The summed E-state index contributed by atoms with van der Waals surface area (Å²) in [6, 6.07) is 15.0. The van der Waals surface area contributed by atoms with Crippen molar-refractivity contribution in [3.8, 4) is 5.75 Å². The van der Waals surface area contributed by atoms with Crippen LogP contribution in [0.2, 0.25) is 0 Å². The van der Waals surface area contributed by atoms with Crippen LogP contribution < -0.4 is 20.7 Å². The van der Waals surface area contributed by atoms with E-state index in [1.165, 1.54) is 18.2 Å². The molecule has 0 aliphatic rings. The van der Waals surface area contributed by atoms with E-state index in [4.69, 9.17) is 0 Å². The van der Waals surface area contributed by atoms with Gasteiger partial charge in [0.05, 0.1) is 0 Å². The molecule has 3 amide bonds. The minimum absolute atomic E-state index is 0.0668. The smallest absolute Gasteiger partial charge is 0.422 e. The molecule has 9 heteroatoms. The van der Waals surface area contributed by atoms with Crippen molar-refractivity contribution in [2.24, 2.45) is 0 Å². The van der Waals surface area contributed by atoms with E-state index in [0.717, 1.165) is 5.56 Å². The molecule has 2 aromatic rings. The van der Waals surface area contributed by atoms with Crippen molar-refractivity contribution in [2.45, 2.75) is 25.7 Å². The van der Waals surface area contributed by atoms with Gasteiger partial charge in [0.1, 0.15) is 5.75 Å². The zero-order chi connectivity index (χ0) is 21.1. The Balaban J connectivity index is 1.63. The van der Waals surface area contributed by atoms with Crippen LogP contribution in [0.25, 0.3) is 0 Å². The molecule has 2 aromatic carbocycles. The Morgan fingerprint density at radius 1 is 0.862 bits per heavy atom. The highest BCUT2D eigenvalue weighted by Crippen LogP contribution is 2.19. The van der Waals surface area contributed by atoms with Crippen LogP contribution in [0, 0.1) is 0 Å². The summed E-state index contributed by atoms with van der Waals surface area (Å²) in [5, 5.41) is 7.88. The van der Waals surface area contributed by atoms with E-state index in [1.807, 2.05) is 30.3 Å². The fourth-order valence-electron chi connectivity index (χ4n) is 2.33. The van der Waals surface area contributed by atoms with Crippen LogP contribution in [0.3, 0.4) is 0 Å². The van der Waals surface area contributed by atoms with E-state index in [0.29, 0.717) is 12.1 Å². The second-order valence-electron chi connectivity index (χ2n) is 6.17. The number of halogens is 3. The molecule has 0 bridgehead atoms. The Labute approximate surface area is 166 Å². The highest BCUT2D eigenvalue weighted by molar-refractivity contribution is 5.78. The first-order chi connectivity index (χ1) is 13.8. The van der Waals surface area contributed by atoms with Gasteiger partial charge in [-0.25, -0.2) is 4.79 Å². The van der Waals surface area contributed by atoms with Crippen molar-refractivity contribution in [1.29, 1.82) is 0 Å². The minimum Gasteiger partial charge on any atom is -0.484 e. The van der Waals surface area contributed by atoms with Crippen molar-refractivity contribution < 1.29 is 27.5 Å². The molecule has 0 atom stereocenters. The standard InChI is InChI=1S/C20H22F3N3O3/c21-20(22,23)14-29-17-8-4-7-16(11-17)13-26-19(28)24-10-9-18(27)25-12-15-5-2-1-3-6-15/h1-8,11H,9-10,12-14H2,(H,25,27)(H2,24,26,28). The summed E-state index contributed by atoms with van der Waals surface area (Å²) in [6.45, 7) is -0.703. The van der Waals surface area contributed by atoms with E-state index >= 15 is 0 Å². The zero-order valence-electron chi connectivity index (χ0n) is 15.6. The fraction of sp³-hybridized carbons (Fsp3) is 0.300. The van der Waals surface area contributed by atoms with Crippen LogP contribution in [0.4, 0.5) is 18.0 Å². The molecule has 0 unspecified atom stereocenters. The number of benzene rings is 2. The summed E-state index contributed by atoms with van der Waals surface area (Å²) in [4.78, 5) is 23.6. The van der Waals surface area contributed by atoms with Gasteiger partial charge in [0.2, 0.25) is 5.91 Å². The molecule has 0 heterocycles. The third kappa shape index (κ3) is 9.50. The Bertz CT molecular complexity index is 798. The van der Waals surface area contributed by atoms with Crippen LogP contribution in [-0.2, 0) is 17.9 Å². The molecule has 0 radical (unpaired) electrons. The Kier molecular flexibility index (Phi) is 8.32. The van der Waals surface area contributed by atoms with Crippen molar-refractivity contribution in [3.63, 3.8) is 0 Å². The first-order valence-electron chi connectivity index (χ1n) is 8.92. The summed E-state index contributed by atoms with van der Waals surface area (Å²) >= 11 is 0. The molecule has 6 nitrogen and oxygen atoms in total. The second kappa shape index (κ2) is 10.9. The summed E-state index contributed by atoms with van der Waals surface area (Å²) in [5.74, 6) is -0.124. The molecule has 0 saturated carbocycles. The van der Waals surface area contributed by atoms with E-state index in [-0.39, 0.29) is 31.2 Å². The molecule has 29 heavy (non-hydrogen) atoms. The molecular weight excluding hydrogens is 387 g/mol. The van der Waals surface area contributed by atoms with Gasteiger partial charge >= 0.3 is 12.2 Å². The molecule has 0 aromatic heterocycles. The van der Waals surface area contributed by atoms with Crippen molar-refractivity contribution in [1.82, 2.24) is 16.0 Å². The lowest BCUT2D eigenvalue weighted by molar-refractivity contribution is -0.153. The van der Waals surface area contributed by atoms with Crippen LogP contribution in [0.15, 0.2) is 54.6 Å². The van der Waals surface area contributed by atoms with Gasteiger partial charge < -0.3 is 20.7 Å². The summed E-state index contributed by atoms with van der Waals surface area (Å²) in [6.07, 6.45) is -4.29. The van der Waals surface area contributed by atoms with Crippen molar-refractivity contribution in [2.75, 3.05) is 13.2 Å². The number of urea groups is 1. The maximum absolute atomic E-state index is 12.2. The zero-order valence-corrected chi connectivity index (χ0v) is 15.6. The Hall–Kier alpha value is -3.23. The maximum Gasteiger partial charge on any atom is 0.422 e. The van der Waals surface area contributed by atoms with Gasteiger partial charge in [-0.05, 0) is 23.3 Å². The predicted octanol–water partition coefficient (Wildman–Crippen LogP) is 3.13. The first kappa shape index (κ1) is 22.1. The van der Waals surface area contributed by atoms with Gasteiger partial charge in [-0.2, -0.15) is 13.2 Å². The van der Waals surface area contributed by atoms with Crippen LogP contribution >= 0.6 is 0 Å². The first-order valence-corrected chi connectivity index (χ1v) is 8.92. The molecule has 2 rings (SSSR count). The quantitative estimate of drug-likeness (QED) is 0.595. The number of hydrogen-bond donors (Lipinski definition) is 3. The Morgan fingerprint density at radius 2 is 1.55 bits per heavy atom. The highest BCUT2D eigenvalue weighted by atomic mass is 19.4. The lowest BCUT2D eigenvalue weighted by Crippen LogP contribution is -2.37. The van der Waals surface area contributed by atoms with Gasteiger partial charge in [0.25, 0.3) is 0 Å². The summed E-state index contributed by atoms with van der Waals surface area (Å²) in [5.41, 5.74) is 1.56. The number of nitrogens with one attached hydrogen (secondary N) is 3. The molecule has 0 spiro atoms. The summed E-state index contributed by atoms with van der Waals surface area (Å²) in [7, 11) is 0. The summed E-state index contributed by atoms with van der Waals surface area (Å²) < 4.78 is 41.2. The molecule has 156 valence electrons. The molecule has 0 aliphatic heterocycles. The minimum atomic E-state index is -4.42. The topological polar surface area (TPSA) is 79.5 Å². The normalized spacial score (nSPS) is 10.9. The lowest BCUT2D eigenvalue weighted by Gasteiger charge is -2.11. The highest BCUT2D eigenvalue weighted by Gasteiger charge is 2.28. The van der Waals surface area contributed by atoms with Crippen LogP contribution in [0.5, 0.6) is 5.75 Å². The average Bonchev–Trinajstić information content (AvgIpc) is 2.70.